The molecule has 0 saturated heterocycles. The highest BCUT2D eigenvalue weighted by Gasteiger charge is 2.28. The predicted octanol–water partition coefficient (Wildman–Crippen LogP) is 4.69. The summed E-state index contributed by atoms with van der Waals surface area (Å²) in [6.45, 7) is 2.53. The highest BCUT2D eigenvalue weighted by molar-refractivity contribution is 7.89. The van der Waals surface area contributed by atoms with Gasteiger partial charge in [0, 0.05) is 24.9 Å². The van der Waals surface area contributed by atoms with Gasteiger partial charge in [-0.15, -0.1) is 0 Å². The molecule has 1 aliphatic carbocycles. The Morgan fingerprint density at radius 3 is 2.32 bits per heavy atom. The number of nitrogens with zero attached hydrogens (tertiary/aromatic N) is 1. The molecule has 0 aliphatic heterocycles. The van der Waals surface area contributed by atoms with Crippen molar-refractivity contribution in [3.8, 4) is 5.75 Å². The van der Waals surface area contributed by atoms with Gasteiger partial charge in [-0.05, 0) is 67.8 Å². The SMILES string of the molecule is CCOc1ccc(/C=C/C(=O)Nc2ccc(S(=O)(=O)N(C)C3CCCCC3)cc2)cc1. The van der Waals surface area contributed by atoms with Crippen LogP contribution in [0.1, 0.15) is 44.6 Å². The third-order valence-electron chi connectivity index (χ3n) is 5.51. The van der Waals surface area contributed by atoms with Crippen LogP contribution in [-0.2, 0) is 14.8 Å². The standard InChI is InChI=1S/C24H30N2O4S/c1-3-30-22-14-9-19(10-15-22)11-18-24(27)25-20-12-16-23(17-13-20)31(28,29)26(2)21-7-5-4-6-8-21/h9-18,21H,3-8H2,1-2H3,(H,25,27)/b18-11+. The van der Waals surface area contributed by atoms with E-state index in [1.54, 1.807) is 37.4 Å². The van der Waals surface area contributed by atoms with Gasteiger partial charge >= 0.3 is 0 Å². The van der Waals surface area contributed by atoms with Gasteiger partial charge in [-0.25, -0.2) is 8.42 Å². The molecule has 0 aromatic heterocycles. The summed E-state index contributed by atoms with van der Waals surface area (Å²) in [4.78, 5) is 12.4. The average Bonchev–Trinajstić information content (AvgIpc) is 2.79. The lowest BCUT2D eigenvalue weighted by molar-refractivity contribution is -0.111. The number of nitrogens with one attached hydrogen (secondary N) is 1. The first kappa shape index (κ1) is 23.0. The van der Waals surface area contributed by atoms with E-state index < -0.39 is 10.0 Å². The maximum atomic E-state index is 12.9. The van der Waals surface area contributed by atoms with Gasteiger partial charge < -0.3 is 10.1 Å². The number of carbonyl (C=O) groups is 1. The number of hydrogen-bond acceptors (Lipinski definition) is 4. The van der Waals surface area contributed by atoms with E-state index >= 15 is 0 Å². The summed E-state index contributed by atoms with van der Waals surface area (Å²) in [5.74, 6) is 0.497. The minimum atomic E-state index is -3.54. The van der Waals surface area contributed by atoms with Crippen LogP contribution >= 0.6 is 0 Å². The molecule has 0 heterocycles. The number of rotatable bonds is 8. The molecule has 6 nitrogen and oxygen atoms in total. The zero-order valence-corrected chi connectivity index (χ0v) is 18.9. The van der Waals surface area contributed by atoms with Crippen molar-refractivity contribution in [3.63, 3.8) is 0 Å². The Labute approximate surface area is 185 Å². The van der Waals surface area contributed by atoms with Gasteiger partial charge in [0.25, 0.3) is 0 Å². The van der Waals surface area contributed by atoms with Gasteiger partial charge in [-0.1, -0.05) is 31.4 Å². The Bertz CT molecular complexity index is 993. The van der Waals surface area contributed by atoms with Crippen molar-refractivity contribution in [1.29, 1.82) is 0 Å². The van der Waals surface area contributed by atoms with E-state index in [1.807, 2.05) is 31.2 Å². The molecule has 0 spiro atoms. The van der Waals surface area contributed by atoms with E-state index in [2.05, 4.69) is 5.32 Å². The maximum Gasteiger partial charge on any atom is 0.248 e. The van der Waals surface area contributed by atoms with Crippen LogP contribution in [0.3, 0.4) is 0 Å². The van der Waals surface area contributed by atoms with Crippen LogP contribution in [0.15, 0.2) is 59.5 Å². The van der Waals surface area contributed by atoms with E-state index in [-0.39, 0.29) is 16.8 Å². The molecule has 7 heteroatoms. The van der Waals surface area contributed by atoms with Crippen LogP contribution in [0.5, 0.6) is 5.75 Å². The van der Waals surface area contributed by atoms with Gasteiger partial charge in [-0.2, -0.15) is 4.31 Å². The lowest BCUT2D eigenvalue weighted by Crippen LogP contribution is -2.38. The quantitative estimate of drug-likeness (QED) is 0.602. The molecule has 166 valence electrons. The molecule has 0 atom stereocenters. The summed E-state index contributed by atoms with van der Waals surface area (Å²) in [6, 6.07) is 13.8. The zero-order chi connectivity index (χ0) is 22.3. The minimum Gasteiger partial charge on any atom is -0.494 e. The summed E-state index contributed by atoms with van der Waals surface area (Å²) in [5, 5.41) is 2.76. The molecular weight excluding hydrogens is 412 g/mol. The van der Waals surface area contributed by atoms with Crippen LogP contribution in [0, 0.1) is 0 Å². The Morgan fingerprint density at radius 2 is 1.71 bits per heavy atom. The summed E-state index contributed by atoms with van der Waals surface area (Å²) >= 11 is 0. The fourth-order valence-electron chi connectivity index (χ4n) is 3.72. The lowest BCUT2D eigenvalue weighted by Gasteiger charge is -2.30. The average molecular weight is 443 g/mol. The highest BCUT2D eigenvalue weighted by Crippen LogP contribution is 2.27. The Kier molecular flexibility index (Phi) is 7.87. The van der Waals surface area contributed by atoms with E-state index in [1.165, 1.54) is 16.8 Å². The fourth-order valence-corrected chi connectivity index (χ4v) is 5.13. The molecule has 1 N–H and O–H groups in total. The lowest BCUT2D eigenvalue weighted by atomic mass is 9.96. The third kappa shape index (κ3) is 6.18. The summed E-state index contributed by atoms with van der Waals surface area (Å²) in [7, 11) is -1.88. The summed E-state index contributed by atoms with van der Waals surface area (Å²) in [5.41, 5.74) is 1.42. The van der Waals surface area contributed by atoms with Gasteiger partial charge in [0.15, 0.2) is 0 Å². The summed E-state index contributed by atoms with van der Waals surface area (Å²) < 4.78 is 32.7. The number of carbonyl (C=O) groups excluding carboxylic acids is 1. The Balaban J connectivity index is 1.59. The van der Waals surface area contributed by atoms with Crippen molar-refractivity contribution in [1.82, 2.24) is 4.31 Å². The van der Waals surface area contributed by atoms with Gasteiger partial charge in [-0.3, -0.25) is 4.79 Å². The predicted molar refractivity (Wildman–Crippen MR) is 124 cm³/mol. The second-order valence-corrected chi connectivity index (χ2v) is 9.66. The van der Waals surface area contributed by atoms with Crippen LogP contribution in [0.25, 0.3) is 6.08 Å². The van der Waals surface area contributed by atoms with Crippen molar-refractivity contribution in [2.45, 2.75) is 50.0 Å². The van der Waals surface area contributed by atoms with Gasteiger partial charge in [0.05, 0.1) is 11.5 Å². The largest absolute Gasteiger partial charge is 0.494 e. The molecule has 0 bridgehead atoms. The van der Waals surface area contributed by atoms with Crippen molar-refractivity contribution < 1.29 is 17.9 Å². The second-order valence-electron chi connectivity index (χ2n) is 7.66. The monoisotopic (exact) mass is 442 g/mol. The van der Waals surface area contributed by atoms with Crippen LogP contribution < -0.4 is 10.1 Å². The topological polar surface area (TPSA) is 75.7 Å². The van der Waals surface area contributed by atoms with Crippen LogP contribution in [0.2, 0.25) is 0 Å². The van der Waals surface area contributed by atoms with Crippen molar-refractivity contribution in [3.05, 3.63) is 60.2 Å². The molecule has 2 aromatic carbocycles. The van der Waals surface area contributed by atoms with Crippen molar-refractivity contribution in [2.75, 3.05) is 19.0 Å². The molecule has 31 heavy (non-hydrogen) atoms. The molecule has 0 radical (unpaired) electrons. The molecule has 1 amide bonds. The molecule has 1 fully saturated rings. The van der Waals surface area contributed by atoms with E-state index in [4.69, 9.17) is 4.74 Å². The summed E-state index contributed by atoms with van der Waals surface area (Å²) in [6.07, 6.45) is 8.28. The molecule has 0 unspecified atom stereocenters. The number of hydrogen-bond donors (Lipinski definition) is 1. The van der Waals surface area contributed by atoms with Crippen molar-refractivity contribution in [2.24, 2.45) is 0 Å². The number of benzene rings is 2. The Morgan fingerprint density at radius 1 is 1.06 bits per heavy atom. The van der Waals surface area contributed by atoms with E-state index in [9.17, 15) is 13.2 Å². The first-order chi connectivity index (χ1) is 14.9. The first-order valence-electron chi connectivity index (χ1n) is 10.7. The third-order valence-corrected chi connectivity index (χ3v) is 7.43. The fraction of sp³-hybridized carbons (Fsp3) is 0.375. The van der Waals surface area contributed by atoms with Crippen LogP contribution in [-0.4, -0.2) is 38.3 Å². The van der Waals surface area contributed by atoms with Crippen LogP contribution in [0.4, 0.5) is 5.69 Å². The molecule has 1 aliphatic rings. The number of amides is 1. The maximum absolute atomic E-state index is 12.9. The number of sulfonamides is 1. The Hall–Kier alpha value is -2.64. The molecular formula is C24H30N2O4S. The van der Waals surface area contributed by atoms with E-state index in [0.29, 0.717) is 12.3 Å². The molecule has 2 aromatic rings. The normalized spacial score (nSPS) is 15.3. The van der Waals surface area contributed by atoms with Crippen molar-refractivity contribution >= 4 is 27.7 Å². The molecule has 3 rings (SSSR count). The minimum absolute atomic E-state index is 0.0610. The van der Waals surface area contributed by atoms with E-state index in [0.717, 1.165) is 37.0 Å². The smallest absolute Gasteiger partial charge is 0.248 e. The second kappa shape index (κ2) is 10.6. The number of anilines is 1. The highest BCUT2D eigenvalue weighted by atomic mass is 32.2. The number of ether oxygens (including phenoxy) is 1. The molecule has 1 saturated carbocycles. The van der Waals surface area contributed by atoms with Gasteiger partial charge in [0.2, 0.25) is 15.9 Å². The first-order valence-corrected chi connectivity index (χ1v) is 12.1. The zero-order valence-electron chi connectivity index (χ0n) is 18.1. The van der Waals surface area contributed by atoms with Gasteiger partial charge in [0.1, 0.15) is 5.75 Å².